The van der Waals surface area contributed by atoms with Crippen LogP contribution in [0.4, 0.5) is 11.4 Å². The topological polar surface area (TPSA) is 70.8 Å². The van der Waals surface area contributed by atoms with Crippen molar-refractivity contribution < 1.29 is 9.53 Å². The molecule has 2 aromatic carbocycles. The molecule has 6 heteroatoms. The molecule has 0 aliphatic carbocycles. The van der Waals surface area contributed by atoms with E-state index in [2.05, 4.69) is 21.2 Å². The molecule has 1 aliphatic rings. The van der Waals surface area contributed by atoms with Crippen molar-refractivity contribution in [3.05, 3.63) is 54.1 Å². The van der Waals surface area contributed by atoms with Crippen LogP contribution in [0.2, 0.25) is 0 Å². The highest BCUT2D eigenvalue weighted by molar-refractivity contribution is 5.99. The number of rotatable bonds is 6. The molecule has 1 heterocycles. The number of hydrogen-bond donors (Lipinski definition) is 2. The predicted octanol–water partition coefficient (Wildman–Crippen LogP) is 1.83. The predicted molar refractivity (Wildman–Crippen MR) is 105 cm³/mol. The van der Waals surface area contributed by atoms with E-state index >= 15 is 0 Å². The van der Waals surface area contributed by atoms with Gasteiger partial charge in [0.1, 0.15) is 5.75 Å². The van der Waals surface area contributed by atoms with Crippen LogP contribution in [0.25, 0.3) is 0 Å². The fourth-order valence-corrected chi connectivity index (χ4v) is 3.23. The number of carbonyl (C=O) groups is 1. The Kier molecular flexibility index (Phi) is 5.96. The van der Waals surface area contributed by atoms with E-state index in [-0.39, 0.29) is 5.91 Å². The number of nitrogens with zero attached hydrogens (tertiary/aromatic N) is 2. The van der Waals surface area contributed by atoms with Crippen molar-refractivity contribution in [1.82, 2.24) is 10.2 Å². The van der Waals surface area contributed by atoms with Crippen LogP contribution in [0.3, 0.4) is 0 Å². The highest BCUT2D eigenvalue weighted by Crippen LogP contribution is 2.28. The molecule has 0 saturated carbocycles. The number of benzene rings is 2. The molecule has 1 fully saturated rings. The summed E-state index contributed by atoms with van der Waals surface area (Å²) in [4.78, 5) is 16.9. The second kappa shape index (κ2) is 8.58. The maximum atomic E-state index is 12.2. The Balaban J connectivity index is 1.45. The van der Waals surface area contributed by atoms with E-state index in [0.29, 0.717) is 17.8 Å². The third-order valence-electron chi connectivity index (χ3n) is 4.72. The molecule has 138 valence electrons. The van der Waals surface area contributed by atoms with Crippen LogP contribution < -0.4 is 20.7 Å². The second-order valence-electron chi connectivity index (χ2n) is 6.34. The normalized spacial score (nSPS) is 14.9. The number of nitrogen functional groups attached to an aromatic ring is 1. The van der Waals surface area contributed by atoms with Gasteiger partial charge in [0.15, 0.2) is 0 Å². The van der Waals surface area contributed by atoms with E-state index in [9.17, 15) is 4.79 Å². The third kappa shape index (κ3) is 4.26. The first-order chi connectivity index (χ1) is 12.7. The summed E-state index contributed by atoms with van der Waals surface area (Å²) in [6.45, 7) is 5.25. The monoisotopic (exact) mass is 354 g/mol. The maximum Gasteiger partial charge on any atom is 0.253 e. The molecular weight excluding hydrogens is 328 g/mol. The van der Waals surface area contributed by atoms with Crippen LogP contribution in [-0.2, 0) is 0 Å². The van der Waals surface area contributed by atoms with Crippen LogP contribution in [-0.4, -0.2) is 57.2 Å². The van der Waals surface area contributed by atoms with Gasteiger partial charge in [0.25, 0.3) is 5.91 Å². The summed E-state index contributed by atoms with van der Waals surface area (Å²) < 4.78 is 5.46. The lowest BCUT2D eigenvalue weighted by Crippen LogP contribution is -2.48. The fraction of sp³-hybridized carbons (Fsp3) is 0.350. The first-order valence-corrected chi connectivity index (χ1v) is 8.92. The Morgan fingerprint density at radius 1 is 1.08 bits per heavy atom. The molecule has 26 heavy (non-hydrogen) atoms. The molecule has 6 nitrogen and oxygen atoms in total. The quantitative estimate of drug-likeness (QED) is 0.775. The zero-order chi connectivity index (χ0) is 18.4. The van der Waals surface area contributed by atoms with Gasteiger partial charge in [-0.05, 0) is 24.3 Å². The van der Waals surface area contributed by atoms with Gasteiger partial charge in [-0.2, -0.15) is 0 Å². The molecule has 0 unspecified atom stereocenters. The number of hydrogen-bond acceptors (Lipinski definition) is 5. The second-order valence-corrected chi connectivity index (χ2v) is 6.34. The molecule has 0 bridgehead atoms. The highest BCUT2D eigenvalue weighted by Gasteiger charge is 2.19. The average Bonchev–Trinajstić information content (AvgIpc) is 2.69. The molecule has 1 saturated heterocycles. The molecule has 0 radical (unpaired) electrons. The van der Waals surface area contributed by atoms with E-state index in [1.165, 1.54) is 0 Å². The van der Waals surface area contributed by atoms with Gasteiger partial charge in [-0.1, -0.05) is 24.3 Å². The summed E-state index contributed by atoms with van der Waals surface area (Å²) in [5.41, 5.74) is 8.03. The largest absolute Gasteiger partial charge is 0.495 e. The molecule has 1 aliphatic heterocycles. The smallest absolute Gasteiger partial charge is 0.253 e. The molecular formula is C20H26N4O2. The third-order valence-corrected chi connectivity index (χ3v) is 4.72. The lowest BCUT2D eigenvalue weighted by Gasteiger charge is -2.36. The summed E-state index contributed by atoms with van der Waals surface area (Å²) in [5.74, 6) is 0.796. The number of nitrogens with one attached hydrogen (secondary N) is 1. The number of carbonyl (C=O) groups excluding carboxylic acids is 1. The standard InChI is InChI=1S/C20H26N4O2/c1-26-19-9-5-4-8-18(19)24-14-12-23(13-15-24)11-10-22-20(25)16-6-2-3-7-17(16)21/h2-9H,10-15,21H2,1H3,(H,22,25). The van der Waals surface area contributed by atoms with Crippen molar-refractivity contribution in [2.75, 3.05) is 57.0 Å². The van der Waals surface area contributed by atoms with Gasteiger partial charge in [-0.3, -0.25) is 9.69 Å². The van der Waals surface area contributed by atoms with Crippen LogP contribution in [0.5, 0.6) is 5.75 Å². The van der Waals surface area contributed by atoms with Crippen LogP contribution in [0.1, 0.15) is 10.4 Å². The number of nitrogens with two attached hydrogens (primary N) is 1. The first-order valence-electron chi connectivity index (χ1n) is 8.92. The minimum Gasteiger partial charge on any atom is -0.495 e. The van der Waals surface area contributed by atoms with Crippen molar-refractivity contribution in [2.45, 2.75) is 0 Å². The molecule has 3 rings (SSSR count). The maximum absolute atomic E-state index is 12.2. The molecule has 2 aromatic rings. The number of ether oxygens (including phenoxy) is 1. The Morgan fingerprint density at radius 2 is 1.77 bits per heavy atom. The van der Waals surface area contributed by atoms with E-state index in [1.54, 1.807) is 19.2 Å². The Hall–Kier alpha value is -2.73. The van der Waals surface area contributed by atoms with E-state index < -0.39 is 0 Å². The van der Waals surface area contributed by atoms with Gasteiger partial charge < -0.3 is 20.7 Å². The van der Waals surface area contributed by atoms with Crippen LogP contribution in [0, 0.1) is 0 Å². The van der Waals surface area contributed by atoms with E-state index in [0.717, 1.165) is 44.2 Å². The summed E-state index contributed by atoms with van der Waals surface area (Å²) in [6, 6.07) is 15.2. The van der Waals surface area contributed by atoms with Crippen LogP contribution >= 0.6 is 0 Å². The lowest BCUT2D eigenvalue weighted by molar-refractivity contribution is 0.0948. The van der Waals surface area contributed by atoms with Gasteiger partial charge in [-0.25, -0.2) is 0 Å². The van der Waals surface area contributed by atoms with Crippen molar-refractivity contribution in [1.29, 1.82) is 0 Å². The van der Waals surface area contributed by atoms with E-state index in [4.69, 9.17) is 10.5 Å². The van der Waals surface area contributed by atoms with Gasteiger partial charge in [0.05, 0.1) is 18.4 Å². The number of anilines is 2. The van der Waals surface area contributed by atoms with E-state index in [1.807, 2.05) is 30.3 Å². The number of amides is 1. The van der Waals surface area contributed by atoms with Crippen molar-refractivity contribution >= 4 is 17.3 Å². The highest BCUT2D eigenvalue weighted by atomic mass is 16.5. The average molecular weight is 354 g/mol. The Labute approximate surface area is 154 Å². The van der Waals surface area contributed by atoms with Crippen molar-refractivity contribution in [2.24, 2.45) is 0 Å². The van der Waals surface area contributed by atoms with Gasteiger partial charge in [-0.15, -0.1) is 0 Å². The minimum atomic E-state index is -0.115. The molecule has 0 spiro atoms. The Bertz CT molecular complexity index is 742. The molecule has 0 aromatic heterocycles. The van der Waals surface area contributed by atoms with Gasteiger partial charge in [0, 0.05) is 45.0 Å². The molecule has 0 atom stereocenters. The summed E-state index contributed by atoms with van der Waals surface area (Å²) >= 11 is 0. The zero-order valence-electron chi connectivity index (χ0n) is 15.1. The van der Waals surface area contributed by atoms with Crippen molar-refractivity contribution in [3.63, 3.8) is 0 Å². The Morgan fingerprint density at radius 3 is 2.50 bits per heavy atom. The zero-order valence-corrected chi connectivity index (χ0v) is 15.1. The number of piperazine rings is 1. The SMILES string of the molecule is COc1ccccc1N1CCN(CCNC(=O)c2ccccc2N)CC1. The fourth-order valence-electron chi connectivity index (χ4n) is 3.23. The number of methoxy groups -OCH3 is 1. The van der Waals surface area contributed by atoms with Crippen molar-refractivity contribution in [3.8, 4) is 5.75 Å². The number of para-hydroxylation sites is 3. The molecule has 1 amide bonds. The summed E-state index contributed by atoms with van der Waals surface area (Å²) in [5, 5.41) is 2.95. The summed E-state index contributed by atoms with van der Waals surface area (Å²) in [7, 11) is 1.71. The van der Waals surface area contributed by atoms with Crippen LogP contribution in [0.15, 0.2) is 48.5 Å². The summed E-state index contributed by atoms with van der Waals surface area (Å²) in [6.07, 6.45) is 0. The van der Waals surface area contributed by atoms with Gasteiger partial charge >= 0.3 is 0 Å². The first kappa shape index (κ1) is 18.1. The lowest BCUT2D eigenvalue weighted by atomic mass is 10.1. The molecule has 3 N–H and O–H groups in total. The van der Waals surface area contributed by atoms with Gasteiger partial charge in [0.2, 0.25) is 0 Å². The minimum absolute atomic E-state index is 0.115.